The van der Waals surface area contributed by atoms with Gasteiger partial charge in [0, 0.05) is 0 Å². The molecule has 2 aliphatic carbocycles. The molecule has 0 spiro atoms. The van der Waals surface area contributed by atoms with E-state index in [1.165, 1.54) is 27.1 Å². The lowest BCUT2D eigenvalue weighted by Gasteiger charge is -2.21. The molecule has 92 valence electrons. The van der Waals surface area contributed by atoms with E-state index in [2.05, 4.69) is 9.47 Å². The van der Waals surface area contributed by atoms with Crippen LogP contribution in [-0.4, -0.2) is 26.2 Å². The summed E-state index contributed by atoms with van der Waals surface area (Å²) < 4.78 is 9.03. The van der Waals surface area contributed by atoms with Crippen molar-refractivity contribution in [3.63, 3.8) is 0 Å². The standard InChI is InChI=1S/2C6H10O2/c2*1-8-6(7)5-3-2-4-5/h2*5H,2-4H2,1H3. The van der Waals surface area contributed by atoms with E-state index >= 15 is 0 Å². The molecule has 16 heavy (non-hydrogen) atoms. The van der Waals surface area contributed by atoms with E-state index in [-0.39, 0.29) is 23.8 Å². The summed E-state index contributed by atoms with van der Waals surface area (Å²) in [6.07, 6.45) is 6.53. The van der Waals surface area contributed by atoms with E-state index in [1.54, 1.807) is 0 Å². The quantitative estimate of drug-likeness (QED) is 0.677. The topological polar surface area (TPSA) is 52.6 Å². The number of ether oxygens (including phenoxy) is 2. The summed E-state index contributed by atoms with van der Waals surface area (Å²) in [4.78, 5) is 21.1. The molecule has 0 unspecified atom stereocenters. The highest BCUT2D eigenvalue weighted by atomic mass is 16.5. The largest absolute Gasteiger partial charge is 0.469 e. The molecule has 2 rings (SSSR count). The number of esters is 2. The fraction of sp³-hybridized carbons (Fsp3) is 0.833. The molecule has 0 aromatic heterocycles. The molecule has 0 radical (unpaired) electrons. The van der Waals surface area contributed by atoms with Crippen molar-refractivity contribution in [3.05, 3.63) is 0 Å². The molecule has 2 aliphatic rings. The lowest BCUT2D eigenvalue weighted by atomic mass is 9.86. The molecule has 0 aromatic rings. The van der Waals surface area contributed by atoms with Gasteiger partial charge in [0.1, 0.15) is 0 Å². The van der Waals surface area contributed by atoms with Crippen molar-refractivity contribution in [1.82, 2.24) is 0 Å². The zero-order chi connectivity index (χ0) is 12.0. The molecule has 0 aliphatic heterocycles. The Kier molecular flexibility index (Phi) is 5.29. The van der Waals surface area contributed by atoms with Crippen LogP contribution in [0.15, 0.2) is 0 Å². The van der Waals surface area contributed by atoms with E-state index in [0.717, 1.165) is 25.7 Å². The number of hydrogen-bond acceptors (Lipinski definition) is 4. The molecule has 0 aromatic carbocycles. The van der Waals surface area contributed by atoms with Crippen LogP contribution in [-0.2, 0) is 19.1 Å². The zero-order valence-electron chi connectivity index (χ0n) is 10.0. The first-order chi connectivity index (χ1) is 7.69. The first-order valence-electron chi connectivity index (χ1n) is 5.84. The minimum atomic E-state index is -0.0312. The Morgan fingerprint density at radius 1 is 0.812 bits per heavy atom. The van der Waals surface area contributed by atoms with Crippen molar-refractivity contribution >= 4 is 11.9 Å². The van der Waals surface area contributed by atoms with Gasteiger partial charge in [-0.25, -0.2) is 0 Å². The van der Waals surface area contributed by atoms with E-state index in [9.17, 15) is 9.59 Å². The fourth-order valence-electron chi connectivity index (χ4n) is 1.62. The van der Waals surface area contributed by atoms with Crippen molar-refractivity contribution < 1.29 is 19.1 Å². The summed E-state index contributed by atoms with van der Waals surface area (Å²) in [5.41, 5.74) is 0. The van der Waals surface area contributed by atoms with Crippen molar-refractivity contribution in [2.45, 2.75) is 38.5 Å². The third-order valence-corrected chi connectivity index (χ3v) is 3.28. The molecule has 0 atom stereocenters. The van der Waals surface area contributed by atoms with Gasteiger partial charge in [0.2, 0.25) is 0 Å². The van der Waals surface area contributed by atoms with Crippen LogP contribution in [0.25, 0.3) is 0 Å². The van der Waals surface area contributed by atoms with Crippen LogP contribution in [0.4, 0.5) is 0 Å². The van der Waals surface area contributed by atoms with Gasteiger partial charge < -0.3 is 9.47 Å². The van der Waals surface area contributed by atoms with Crippen LogP contribution in [0.1, 0.15) is 38.5 Å². The van der Waals surface area contributed by atoms with Crippen LogP contribution in [0.5, 0.6) is 0 Å². The average molecular weight is 228 g/mol. The van der Waals surface area contributed by atoms with Crippen LogP contribution < -0.4 is 0 Å². The highest BCUT2D eigenvalue weighted by Crippen LogP contribution is 2.27. The lowest BCUT2D eigenvalue weighted by molar-refractivity contribution is -0.149. The second-order valence-corrected chi connectivity index (χ2v) is 4.30. The Morgan fingerprint density at radius 3 is 1.19 bits per heavy atom. The minimum Gasteiger partial charge on any atom is -0.469 e. The maximum Gasteiger partial charge on any atom is 0.308 e. The fourth-order valence-corrected chi connectivity index (χ4v) is 1.62. The molecule has 0 heterocycles. The Balaban J connectivity index is 0.000000160. The zero-order valence-corrected chi connectivity index (χ0v) is 10.0. The molecule has 0 bridgehead atoms. The lowest BCUT2D eigenvalue weighted by Crippen LogP contribution is -2.22. The predicted octanol–water partition coefficient (Wildman–Crippen LogP) is 1.92. The molecule has 2 saturated carbocycles. The minimum absolute atomic E-state index is 0.0312. The number of rotatable bonds is 2. The van der Waals surface area contributed by atoms with Gasteiger partial charge >= 0.3 is 11.9 Å². The van der Waals surface area contributed by atoms with Gasteiger partial charge in [-0.3, -0.25) is 9.59 Å². The van der Waals surface area contributed by atoms with Gasteiger partial charge in [0.05, 0.1) is 26.1 Å². The van der Waals surface area contributed by atoms with Crippen molar-refractivity contribution in [2.24, 2.45) is 11.8 Å². The van der Waals surface area contributed by atoms with E-state index in [0.29, 0.717) is 0 Å². The highest BCUT2D eigenvalue weighted by Gasteiger charge is 2.25. The number of methoxy groups -OCH3 is 2. The molecule has 4 heteroatoms. The Bertz CT molecular complexity index is 215. The number of hydrogen-bond donors (Lipinski definition) is 0. The molecule has 0 amide bonds. The van der Waals surface area contributed by atoms with Gasteiger partial charge in [-0.05, 0) is 25.7 Å². The van der Waals surface area contributed by atoms with Crippen LogP contribution in [0.3, 0.4) is 0 Å². The Morgan fingerprint density at radius 2 is 1.12 bits per heavy atom. The summed E-state index contributed by atoms with van der Waals surface area (Å²) in [5, 5.41) is 0. The summed E-state index contributed by atoms with van der Waals surface area (Å²) in [5.74, 6) is 0.410. The first kappa shape index (κ1) is 13.0. The average Bonchev–Trinajstić information content (AvgIpc) is 2.13. The SMILES string of the molecule is COC(=O)C1CCC1.COC(=O)C1CCC1. The van der Waals surface area contributed by atoms with Gasteiger partial charge in [-0.2, -0.15) is 0 Å². The summed E-state index contributed by atoms with van der Waals surface area (Å²) in [6.45, 7) is 0. The van der Waals surface area contributed by atoms with Crippen LogP contribution in [0, 0.1) is 11.8 Å². The maximum absolute atomic E-state index is 10.6. The molecule has 0 saturated heterocycles. The maximum atomic E-state index is 10.6. The van der Waals surface area contributed by atoms with Crippen molar-refractivity contribution in [1.29, 1.82) is 0 Å². The summed E-state index contributed by atoms with van der Waals surface area (Å²) in [6, 6.07) is 0. The van der Waals surface area contributed by atoms with Crippen LogP contribution >= 0.6 is 0 Å². The normalized spacial score (nSPS) is 19.6. The molecular weight excluding hydrogens is 208 g/mol. The molecule has 2 fully saturated rings. The third kappa shape index (κ3) is 3.51. The Hall–Kier alpha value is -1.06. The van der Waals surface area contributed by atoms with Gasteiger partial charge in [0.15, 0.2) is 0 Å². The number of carbonyl (C=O) groups is 2. The van der Waals surface area contributed by atoms with Crippen LogP contribution in [0.2, 0.25) is 0 Å². The second-order valence-electron chi connectivity index (χ2n) is 4.30. The second kappa shape index (κ2) is 6.51. The Labute approximate surface area is 96.3 Å². The smallest absolute Gasteiger partial charge is 0.308 e. The van der Waals surface area contributed by atoms with Gasteiger partial charge in [-0.1, -0.05) is 12.8 Å². The van der Waals surface area contributed by atoms with Gasteiger partial charge in [-0.15, -0.1) is 0 Å². The first-order valence-corrected chi connectivity index (χ1v) is 5.84. The summed E-state index contributed by atoms with van der Waals surface area (Å²) >= 11 is 0. The highest BCUT2D eigenvalue weighted by molar-refractivity contribution is 5.73. The molecule has 0 N–H and O–H groups in total. The number of carbonyl (C=O) groups excluding carboxylic acids is 2. The molecule has 4 nitrogen and oxygen atoms in total. The third-order valence-electron chi connectivity index (χ3n) is 3.28. The summed E-state index contributed by atoms with van der Waals surface area (Å²) in [7, 11) is 2.89. The van der Waals surface area contributed by atoms with E-state index < -0.39 is 0 Å². The van der Waals surface area contributed by atoms with Crippen molar-refractivity contribution in [2.75, 3.05) is 14.2 Å². The van der Waals surface area contributed by atoms with E-state index in [1.807, 2.05) is 0 Å². The van der Waals surface area contributed by atoms with Crippen molar-refractivity contribution in [3.8, 4) is 0 Å². The monoisotopic (exact) mass is 228 g/mol. The predicted molar refractivity (Wildman–Crippen MR) is 58.7 cm³/mol. The molecular formula is C12H20O4. The van der Waals surface area contributed by atoms with E-state index in [4.69, 9.17) is 0 Å². The van der Waals surface area contributed by atoms with Gasteiger partial charge in [0.25, 0.3) is 0 Å².